The summed E-state index contributed by atoms with van der Waals surface area (Å²) in [6, 6.07) is 10.6. The van der Waals surface area contributed by atoms with Crippen molar-refractivity contribution in [1.29, 1.82) is 0 Å². The fourth-order valence-corrected chi connectivity index (χ4v) is 3.11. The van der Waals surface area contributed by atoms with Crippen LogP contribution in [0, 0.1) is 0 Å². The van der Waals surface area contributed by atoms with E-state index in [-0.39, 0.29) is 17.4 Å². The Morgan fingerprint density at radius 3 is 1.93 bits per heavy atom. The van der Waals surface area contributed by atoms with E-state index in [9.17, 15) is 15.1 Å². The Bertz CT molecular complexity index is 810. The van der Waals surface area contributed by atoms with Gasteiger partial charge in [-0.3, -0.25) is 5.21 Å². The second kappa shape index (κ2) is 7.24. The van der Waals surface area contributed by atoms with Gasteiger partial charge in [-0.2, -0.15) is 0 Å². The Morgan fingerprint density at radius 2 is 1.48 bits per heavy atom. The van der Waals surface area contributed by atoms with Gasteiger partial charge in [-0.05, 0) is 39.7 Å². The summed E-state index contributed by atoms with van der Waals surface area (Å²) in [5.41, 5.74) is 8.96. The van der Waals surface area contributed by atoms with Crippen molar-refractivity contribution in [2.24, 2.45) is 5.73 Å². The number of phenolic OH excluding ortho intramolecular Hbond substituents is 1. The smallest absolute Gasteiger partial charge is 0.338 e. The predicted molar refractivity (Wildman–Crippen MR) is 108 cm³/mol. The zero-order chi connectivity index (χ0) is 20.6. The maximum absolute atomic E-state index is 11.2. The van der Waals surface area contributed by atoms with Crippen LogP contribution in [0.25, 0.3) is 11.1 Å². The highest BCUT2D eigenvalue weighted by atomic mass is 16.5. The SMILES string of the molecule is CC(C)(C)c1cc(-c2ccccc2CN(O)C(N)=O)cc(C(C)(C)C)c1O. The van der Waals surface area contributed by atoms with Gasteiger partial charge in [0, 0.05) is 11.1 Å². The average molecular weight is 370 g/mol. The Hall–Kier alpha value is -2.53. The Labute approximate surface area is 161 Å². The summed E-state index contributed by atoms with van der Waals surface area (Å²) >= 11 is 0. The summed E-state index contributed by atoms with van der Waals surface area (Å²) in [6.45, 7) is 12.4. The molecule has 0 saturated carbocycles. The standard InChI is InChI=1S/C22H30N2O3/c1-21(2,3)17-11-15(12-18(19(17)25)22(4,5)6)16-10-8-7-9-14(16)13-24(27)20(23)26/h7-12,25,27H,13H2,1-6H3,(H2,23,26). The number of benzene rings is 2. The van der Waals surface area contributed by atoms with Gasteiger partial charge in [0.15, 0.2) is 0 Å². The van der Waals surface area contributed by atoms with E-state index in [1.54, 1.807) is 0 Å². The summed E-state index contributed by atoms with van der Waals surface area (Å²) in [5.74, 6) is 0.317. The van der Waals surface area contributed by atoms with Gasteiger partial charge in [0.1, 0.15) is 5.75 Å². The molecule has 0 fully saturated rings. The molecule has 2 amide bonds. The van der Waals surface area contributed by atoms with Crippen molar-refractivity contribution in [3.05, 3.63) is 53.1 Å². The summed E-state index contributed by atoms with van der Waals surface area (Å²) in [5, 5.41) is 21.2. The van der Waals surface area contributed by atoms with Crippen molar-refractivity contribution in [2.75, 3.05) is 0 Å². The van der Waals surface area contributed by atoms with Gasteiger partial charge in [-0.15, -0.1) is 0 Å². The van der Waals surface area contributed by atoms with Gasteiger partial charge in [-0.25, -0.2) is 9.86 Å². The highest BCUT2D eigenvalue weighted by molar-refractivity contribution is 5.74. The molecule has 4 N–H and O–H groups in total. The molecule has 0 heterocycles. The topological polar surface area (TPSA) is 86.8 Å². The third-order valence-corrected chi connectivity index (χ3v) is 4.63. The number of carbonyl (C=O) groups is 1. The summed E-state index contributed by atoms with van der Waals surface area (Å²) < 4.78 is 0. The minimum Gasteiger partial charge on any atom is -0.507 e. The molecule has 0 radical (unpaired) electrons. The number of phenols is 1. The van der Waals surface area contributed by atoms with E-state index in [2.05, 4.69) is 41.5 Å². The lowest BCUT2D eigenvalue weighted by Gasteiger charge is -2.28. The second-order valence-electron chi connectivity index (χ2n) is 8.97. The van der Waals surface area contributed by atoms with Crippen LogP contribution in [0.3, 0.4) is 0 Å². The van der Waals surface area contributed by atoms with Crippen LogP contribution < -0.4 is 5.73 Å². The van der Waals surface area contributed by atoms with Crippen molar-refractivity contribution in [2.45, 2.75) is 58.9 Å². The molecule has 146 valence electrons. The Morgan fingerprint density at radius 1 is 1.00 bits per heavy atom. The zero-order valence-electron chi connectivity index (χ0n) is 17.0. The molecule has 0 aliphatic carbocycles. The maximum atomic E-state index is 11.2. The number of amides is 2. The molecule has 0 saturated heterocycles. The number of rotatable bonds is 3. The molecule has 5 heteroatoms. The number of carbonyl (C=O) groups excluding carboxylic acids is 1. The van der Waals surface area contributed by atoms with Crippen molar-refractivity contribution in [3.8, 4) is 16.9 Å². The number of nitrogens with zero attached hydrogens (tertiary/aromatic N) is 1. The minimum atomic E-state index is -0.902. The number of urea groups is 1. The highest BCUT2D eigenvalue weighted by Gasteiger charge is 2.27. The first kappa shape index (κ1) is 20.8. The van der Waals surface area contributed by atoms with E-state index in [4.69, 9.17) is 5.73 Å². The van der Waals surface area contributed by atoms with Crippen LogP contribution in [0.4, 0.5) is 4.79 Å². The van der Waals surface area contributed by atoms with Crippen molar-refractivity contribution < 1.29 is 15.1 Å². The molecule has 5 nitrogen and oxygen atoms in total. The van der Waals surface area contributed by atoms with E-state index < -0.39 is 6.03 Å². The number of hydrogen-bond donors (Lipinski definition) is 3. The lowest BCUT2D eigenvalue weighted by molar-refractivity contribution is -0.0469. The largest absolute Gasteiger partial charge is 0.507 e. The molecule has 27 heavy (non-hydrogen) atoms. The molecule has 0 bridgehead atoms. The molecule has 0 unspecified atom stereocenters. The van der Waals surface area contributed by atoms with Crippen molar-refractivity contribution >= 4 is 6.03 Å². The van der Waals surface area contributed by atoms with Crippen LogP contribution in [0.2, 0.25) is 0 Å². The van der Waals surface area contributed by atoms with E-state index in [1.165, 1.54) is 0 Å². The molecule has 0 spiro atoms. The predicted octanol–water partition coefficient (Wildman–Crippen LogP) is 4.92. The van der Waals surface area contributed by atoms with Gasteiger partial charge in [-0.1, -0.05) is 65.8 Å². The van der Waals surface area contributed by atoms with Gasteiger partial charge < -0.3 is 10.8 Å². The van der Waals surface area contributed by atoms with Gasteiger partial charge >= 0.3 is 6.03 Å². The van der Waals surface area contributed by atoms with E-state index in [0.29, 0.717) is 10.8 Å². The normalized spacial score (nSPS) is 12.1. The van der Waals surface area contributed by atoms with E-state index in [1.807, 2.05) is 36.4 Å². The van der Waals surface area contributed by atoms with Gasteiger partial charge in [0.2, 0.25) is 0 Å². The molecule has 0 aliphatic heterocycles. The number of hydroxylamine groups is 2. The average Bonchev–Trinajstić information content (AvgIpc) is 2.53. The molecule has 2 rings (SSSR count). The monoisotopic (exact) mass is 370 g/mol. The van der Waals surface area contributed by atoms with Gasteiger partial charge in [0.05, 0.1) is 6.54 Å². The number of hydrogen-bond acceptors (Lipinski definition) is 3. The highest BCUT2D eigenvalue weighted by Crippen LogP contribution is 2.42. The maximum Gasteiger partial charge on any atom is 0.338 e. The molecule has 2 aromatic rings. The van der Waals surface area contributed by atoms with Gasteiger partial charge in [0.25, 0.3) is 0 Å². The lowest BCUT2D eigenvalue weighted by Crippen LogP contribution is -2.32. The van der Waals surface area contributed by atoms with Crippen molar-refractivity contribution in [1.82, 2.24) is 5.06 Å². The van der Waals surface area contributed by atoms with Crippen LogP contribution in [0.1, 0.15) is 58.2 Å². The quantitative estimate of drug-likeness (QED) is 0.529. The van der Waals surface area contributed by atoms with Crippen LogP contribution in [-0.2, 0) is 17.4 Å². The second-order valence-corrected chi connectivity index (χ2v) is 8.97. The van der Waals surface area contributed by atoms with Crippen LogP contribution in [-0.4, -0.2) is 21.4 Å². The molecule has 2 aromatic carbocycles. The fraction of sp³-hybridized carbons (Fsp3) is 0.409. The van der Waals surface area contributed by atoms with Crippen LogP contribution in [0.15, 0.2) is 36.4 Å². The lowest BCUT2D eigenvalue weighted by atomic mass is 9.77. The summed E-state index contributed by atoms with van der Waals surface area (Å²) in [7, 11) is 0. The molecule has 0 aliphatic rings. The number of primary amides is 1. The molecular weight excluding hydrogens is 340 g/mol. The summed E-state index contributed by atoms with van der Waals surface area (Å²) in [4.78, 5) is 11.2. The first-order valence-electron chi connectivity index (χ1n) is 9.04. The van der Waals surface area contributed by atoms with Crippen molar-refractivity contribution in [3.63, 3.8) is 0 Å². The fourth-order valence-electron chi connectivity index (χ4n) is 3.11. The third kappa shape index (κ3) is 4.61. The number of nitrogens with two attached hydrogens (primary N) is 1. The zero-order valence-corrected chi connectivity index (χ0v) is 17.0. The van der Waals surface area contributed by atoms with E-state index >= 15 is 0 Å². The van der Waals surface area contributed by atoms with Crippen LogP contribution in [0.5, 0.6) is 5.75 Å². The third-order valence-electron chi connectivity index (χ3n) is 4.63. The minimum absolute atomic E-state index is 0.0118. The summed E-state index contributed by atoms with van der Waals surface area (Å²) in [6.07, 6.45) is 0. The number of aromatic hydroxyl groups is 1. The Kier molecular flexibility index (Phi) is 5.57. The Balaban J connectivity index is 2.71. The molecule has 0 atom stereocenters. The first-order chi connectivity index (χ1) is 12.3. The first-order valence-corrected chi connectivity index (χ1v) is 9.04. The molecular formula is C22H30N2O3. The van der Waals surface area contributed by atoms with Crippen LogP contribution >= 0.6 is 0 Å². The molecule has 0 aromatic heterocycles. The van der Waals surface area contributed by atoms with E-state index in [0.717, 1.165) is 27.8 Å².